The van der Waals surface area contributed by atoms with E-state index >= 15 is 0 Å². The largest absolute Gasteiger partial charge is 0.327 e. The number of hydrogen-bond donors (Lipinski definition) is 1. The highest BCUT2D eigenvalue weighted by Gasteiger charge is 1.96. The third-order valence-electron chi connectivity index (χ3n) is 1.09. The highest BCUT2D eigenvalue weighted by molar-refractivity contribution is 6.25. The van der Waals surface area contributed by atoms with E-state index in [1.54, 1.807) is 5.54 Å². The molecule has 0 aromatic carbocycles. The van der Waals surface area contributed by atoms with Crippen LogP contribution in [0.4, 0.5) is 0 Å². The minimum atomic E-state index is 0.585. The third kappa shape index (κ3) is 4.49. The number of rotatable bonds is 3. The second-order valence-electron chi connectivity index (χ2n) is 2.57. The Hall–Kier alpha value is -0.0100. The van der Waals surface area contributed by atoms with E-state index in [0.717, 1.165) is 12.0 Å². The van der Waals surface area contributed by atoms with Crippen molar-refractivity contribution in [1.29, 1.82) is 0 Å². The van der Waals surface area contributed by atoms with Crippen LogP contribution < -0.4 is 5.73 Å². The van der Waals surface area contributed by atoms with Crippen molar-refractivity contribution in [3.63, 3.8) is 0 Å². The summed E-state index contributed by atoms with van der Waals surface area (Å²) in [6.45, 7) is 4.88. The Balaban J connectivity index is 3.58. The van der Waals surface area contributed by atoms with Gasteiger partial charge in [0.15, 0.2) is 0 Å². The van der Waals surface area contributed by atoms with Crippen molar-refractivity contribution in [2.45, 2.75) is 20.3 Å². The Morgan fingerprint density at radius 2 is 2.22 bits per heavy atom. The summed E-state index contributed by atoms with van der Waals surface area (Å²) >= 11 is 5.47. The molecule has 0 bridgehead atoms. The summed E-state index contributed by atoms with van der Waals surface area (Å²) in [6.07, 6.45) is 1.01. The van der Waals surface area contributed by atoms with Crippen molar-refractivity contribution < 1.29 is 0 Å². The van der Waals surface area contributed by atoms with Gasteiger partial charge < -0.3 is 5.73 Å². The first-order chi connectivity index (χ1) is 4.20. The molecule has 0 fully saturated rings. The molecule has 0 heterocycles. The highest BCUT2D eigenvalue weighted by Crippen LogP contribution is 2.09. The van der Waals surface area contributed by atoms with Crippen molar-refractivity contribution in [2.24, 2.45) is 11.7 Å². The summed E-state index contributed by atoms with van der Waals surface area (Å²) in [6, 6.07) is 0. The van der Waals surface area contributed by atoms with Crippen LogP contribution in [0.25, 0.3) is 0 Å². The fourth-order valence-corrected chi connectivity index (χ4v) is 0.875. The summed E-state index contributed by atoms with van der Waals surface area (Å²) in [5.74, 6) is 0.651. The van der Waals surface area contributed by atoms with Crippen LogP contribution in [0.5, 0.6) is 0 Å². The van der Waals surface area contributed by atoms with Crippen molar-refractivity contribution >= 4 is 11.6 Å². The Morgan fingerprint density at radius 3 is 2.33 bits per heavy atom. The molecule has 0 amide bonds. The summed E-state index contributed by atoms with van der Waals surface area (Å²) in [7, 11) is 0. The molecule has 9 heavy (non-hydrogen) atoms. The summed E-state index contributed by atoms with van der Waals surface area (Å²) < 4.78 is 0. The van der Waals surface area contributed by atoms with Crippen LogP contribution in [0.2, 0.25) is 0 Å². The van der Waals surface area contributed by atoms with Crippen LogP contribution in [-0.4, -0.2) is 6.54 Å². The molecule has 0 spiro atoms. The molecule has 0 radical (unpaired) electrons. The predicted octanol–water partition coefficient (Wildman–Crippen LogP) is 2.11. The maximum absolute atomic E-state index is 5.47. The van der Waals surface area contributed by atoms with Crippen LogP contribution in [0, 0.1) is 5.92 Å². The molecular formula is C7H14ClN. The molecular weight excluding hydrogens is 134 g/mol. The predicted molar refractivity (Wildman–Crippen MR) is 42.4 cm³/mol. The van der Waals surface area contributed by atoms with E-state index in [-0.39, 0.29) is 0 Å². The lowest BCUT2D eigenvalue weighted by Crippen LogP contribution is -2.04. The Morgan fingerprint density at radius 1 is 1.67 bits per heavy atom. The molecule has 2 N–H and O–H groups in total. The number of halogens is 1. The first kappa shape index (κ1) is 8.99. The van der Waals surface area contributed by atoms with E-state index in [1.165, 1.54) is 0 Å². The van der Waals surface area contributed by atoms with E-state index in [4.69, 9.17) is 17.3 Å². The Bertz CT molecular complexity index is 97.1. The maximum atomic E-state index is 5.47. The smallest absolute Gasteiger partial charge is 0.0148 e. The van der Waals surface area contributed by atoms with Crippen LogP contribution in [0.1, 0.15) is 20.3 Å². The Labute approximate surface area is 61.9 Å². The van der Waals surface area contributed by atoms with Gasteiger partial charge in [-0.05, 0) is 17.9 Å². The molecule has 0 saturated carbocycles. The molecule has 0 aliphatic carbocycles. The van der Waals surface area contributed by atoms with Gasteiger partial charge in [-0.3, -0.25) is 0 Å². The van der Waals surface area contributed by atoms with Crippen molar-refractivity contribution in [2.75, 3.05) is 6.54 Å². The summed E-state index contributed by atoms with van der Waals surface area (Å²) in [4.78, 5) is 0. The lowest BCUT2D eigenvalue weighted by Gasteiger charge is -2.04. The standard InChI is InChI=1S/C7H14ClN/c1-6(2)3-7(4-8)5-9/h4,6H,3,5,9H2,1-2H3/b7-4-. The average Bonchev–Trinajstić information content (AvgIpc) is 1.82. The fourth-order valence-electron chi connectivity index (χ4n) is 0.697. The first-order valence-corrected chi connectivity index (χ1v) is 3.62. The van der Waals surface area contributed by atoms with E-state index in [1.807, 2.05) is 0 Å². The van der Waals surface area contributed by atoms with E-state index in [0.29, 0.717) is 12.5 Å². The van der Waals surface area contributed by atoms with E-state index in [2.05, 4.69) is 13.8 Å². The molecule has 0 saturated heterocycles. The van der Waals surface area contributed by atoms with Crippen LogP contribution >= 0.6 is 11.6 Å². The molecule has 0 atom stereocenters. The van der Waals surface area contributed by atoms with Gasteiger partial charge in [-0.1, -0.05) is 25.4 Å². The van der Waals surface area contributed by atoms with E-state index in [9.17, 15) is 0 Å². The first-order valence-electron chi connectivity index (χ1n) is 3.19. The fraction of sp³-hybridized carbons (Fsp3) is 0.714. The zero-order chi connectivity index (χ0) is 7.28. The molecule has 0 aliphatic rings. The van der Waals surface area contributed by atoms with E-state index < -0.39 is 0 Å². The van der Waals surface area contributed by atoms with Gasteiger partial charge >= 0.3 is 0 Å². The van der Waals surface area contributed by atoms with Gasteiger partial charge in [0.1, 0.15) is 0 Å². The van der Waals surface area contributed by atoms with Crippen molar-refractivity contribution in [1.82, 2.24) is 0 Å². The van der Waals surface area contributed by atoms with Gasteiger partial charge in [0, 0.05) is 12.1 Å². The van der Waals surface area contributed by atoms with Crippen molar-refractivity contribution in [3.8, 4) is 0 Å². The van der Waals surface area contributed by atoms with Gasteiger partial charge in [-0.15, -0.1) is 0 Å². The monoisotopic (exact) mass is 147 g/mol. The molecule has 0 unspecified atom stereocenters. The third-order valence-corrected chi connectivity index (χ3v) is 1.40. The van der Waals surface area contributed by atoms with Gasteiger partial charge in [0.2, 0.25) is 0 Å². The number of nitrogens with two attached hydrogens (primary N) is 1. The molecule has 0 aliphatic heterocycles. The van der Waals surface area contributed by atoms with Crippen LogP contribution in [-0.2, 0) is 0 Å². The zero-order valence-corrected chi connectivity index (χ0v) is 6.78. The SMILES string of the molecule is CC(C)C/C(=C/Cl)CN. The van der Waals surface area contributed by atoms with Crippen LogP contribution in [0.15, 0.2) is 11.1 Å². The second kappa shape index (κ2) is 4.83. The summed E-state index contributed by atoms with van der Waals surface area (Å²) in [5.41, 5.74) is 8.09. The molecule has 0 aromatic heterocycles. The van der Waals surface area contributed by atoms with Gasteiger partial charge in [0.25, 0.3) is 0 Å². The highest BCUT2D eigenvalue weighted by atomic mass is 35.5. The quantitative estimate of drug-likeness (QED) is 0.650. The van der Waals surface area contributed by atoms with Crippen LogP contribution in [0.3, 0.4) is 0 Å². The molecule has 1 nitrogen and oxygen atoms in total. The van der Waals surface area contributed by atoms with Gasteiger partial charge in [-0.2, -0.15) is 0 Å². The minimum Gasteiger partial charge on any atom is -0.327 e. The van der Waals surface area contributed by atoms with Gasteiger partial charge in [0.05, 0.1) is 0 Å². The Kier molecular flexibility index (Phi) is 4.83. The van der Waals surface area contributed by atoms with Gasteiger partial charge in [-0.25, -0.2) is 0 Å². The molecule has 0 aromatic rings. The normalized spacial score (nSPS) is 12.8. The number of hydrogen-bond acceptors (Lipinski definition) is 1. The lowest BCUT2D eigenvalue weighted by molar-refractivity contribution is 0.636. The molecule has 0 rings (SSSR count). The summed E-state index contributed by atoms with van der Waals surface area (Å²) in [5, 5.41) is 0. The average molecular weight is 148 g/mol. The molecule has 54 valence electrons. The second-order valence-corrected chi connectivity index (χ2v) is 2.79. The zero-order valence-electron chi connectivity index (χ0n) is 6.02. The minimum absolute atomic E-state index is 0.585. The topological polar surface area (TPSA) is 26.0 Å². The lowest BCUT2D eigenvalue weighted by atomic mass is 10.1. The maximum Gasteiger partial charge on any atom is 0.0148 e. The molecule has 2 heteroatoms. The van der Waals surface area contributed by atoms with Crippen molar-refractivity contribution in [3.05, 3.63) is 11.1 Å².